The lowest BCUT2D eigenvalue weighted by Gasteiger charge is -2.38. The molecule has 0 aromatic heterocycles. The summed E-state index contributed by atoms with van der Waals surface area (Å²) in [5.74, 6) is 0.142. The minimum atomic E-state index is -3.85. The Balaban J connectivity index is 1.64. The Labute approximate surface area is 201 Å². The van der Waals surface area contributed by atoms with Gasteiger partial charge in [0.05, 0.1) is 16.4 Å². The molecule has 12 heteroatoms. The third-order valence-corrected chi connectivity index (χ3v) is 7.96. The van der Waals surface area contributed by atoms with E-state index in [9.17, 15) is 23.3 Å². The lowest BCUT2D eigenvalue weighted by Crippen LogP contribution is -2.52. The van der Waals surface area contributed by atoms with E-state index in [1.807, 2.05) is 28.8 Å². The van der Waals surface area contributed by atoms with Gasteiger partial charge in [0.25, 0.3) is 5.69 Å². The molecule has 0 bridgehead atoms. The highest BCUT2D eigenvalue weighted by Crippen LogP contribution is 2.31. The van der Waals surface area contributed by atoms with Gasteiger partial charge in [0.1, 0.15) is 5.69 Å². The molecule has 2 fully saturated rings. The molecule has 1 atom stereocenters. The predicted octanol–water partition coefficient (Wildman–Crippen LogP) is 0.958. The Kier molecular flexibility index (Phi) is 8.85. The van der Waals surface area contributed by atoms with Crippen molar-refractivity contribution in [1.82, 2.24) is 19.4 Å². The topological polar surface area (TPSA) is 119 Å². The largest absolute Gasteiger partial charge is 0.363 e. The second-order valence-electron chi connectivity index (χ2n) is 9.30. The fourth-order valence-electron chi connectivity index (χ4n) is 4.47. The Morgan fingerprint density at radius 2 is 1.88 bits per heavy atom. The number of rotatable bonds is 9. The van der Waals surface area contributed by atoms with Gasteiger partial charge in [-0.15, -0.1) is 0 Å². The van der Waals surface area contributed by atoms with Crippen LogP contribution in [-0.4, -0.2) is 106 Å². The number of nitrogens with zero attached hydrogens (tertiary/aromatic N) is 5. The molecule has 1 aromatic rings. The number of piperidine rings is 1. The van der Waals surface area contributed by atoms with E-state index < -0.39 is 14.9 Å². The molecule has 1 amide bonds. The maximum atomic E-state index is 12.7. The van der Waals surface area contributed by atoms with E-state index >= 15 is 0 Å². The number of likely N-dealkylation sites (N-methyl/N-ethyl adjacent to an activating group) is 1. The lowest BCUT2D eigenvalue weighted by molar-refractivity contribution is -0.384. The van der Waals surface area contributed by atoms with Crippen LogP contribution in [0.2, 0.25) is 0 Å². The summed E-state index contributed by atoms with van der Waals surface area (Å²) in [5, 5.41) is 11.8. The summed E-state index contributed by atoms with van der Waals surface area (Å²) in [7, 11) is -0.185. The van der Waals surface area contributed by atoms with Gasteiger partial charge in [0.2, 0.25) is 15.9 Å². The number of hydrogen-bond donors (Lipinski definition) is 1. The van der Waals surface area contributed by atoms with Gasteiger partial charge in [-0.1, -0.05) is 0 Å². The molecule has 2 heterocycles. The summed E-state index contributed by atoms with van der Waals surface area (Å²) >= 11 is 0. The molecule has 2 saturated heterocycles. The van der Waals surface area contributed by atoms with Gasteiger partial charge < -0.3 is 14.7 Å². The predicted molar refractivity (Wildman–Crippen MR) is 131 cm³/mol. The number of benzene rings is 1. The average molecular weight is 497 g/mol. The van der Waals surface area contributed by atoms with Crippen molar-refractivity contribution in [3.05, 3.63) is 28.3 Å². The summed E-state index contributed by atoms with van der Waals surface area (Å²) in [6, 6.07) is 4.32. The summed E-state index contributed by atoms with van der Waals surface area (Å²) in [6.45, 7) is 6.25. The van der Waals surface area contributed by atoms with Crippen LogP contribution in [0.1, 0.15) is 26.2 Å². The Morgan fingerprint density at radius 3 is 2.50 bits per heavy atom. The Hall–Kier alpha value is -2.28. The van der Waals surface area contributed by atoms with E-state index in [2.05, 4.69) is 16.5 Å². The Morgan fingerprint density at radius 1 is 1.18 bits per heavy atom. The number of anilines is 1. The van der Waals surface area contributed by atoms with Crippen molar-refractivity contribution in [3.63, 3.8) is 0 Å². The molecule has 190 valence electrons. The molecule has 2 aliphatic rings. The summed E-state index contributed by atoms with van der Waals surface area (Å²) in [6.07, 6.45) is 3.25. The van der Waals surface area contributed by atoms with E-state index in [-0.39, 0.29) is 29.1 Å². The quantitative estimate of drug-likeness (QED) is 0.397. The van der Waals surface area contributed by atoms with Crippen LogP contribution in [0.15, 0.2) is 23.1 Å². The summed E-state index contributed by atoms with van der Waals surface area (Å²) in [5.41, 5.74) is 0.162. The Bertz CT molecular complexity index is 978. The zero-order valence-electron chi connectivity index (χ0n) is 20.3. The van der Waals surface area contributed by atoms with Crippen molar-refractivity contribution in [2.75, 3.05) is 71.4 Å². The second-order valence-corrected chi connectivity index (χ2v) is 11.1. The first kappa shape index (κ1) is 26.3. The molecular formula is C22H36N6O5S. The number of amides is 1. The van der Waals surface area contributed by atoms with Crippen molar-refractivity contribution in [2.24, 2.45) is 0 Å². The molecule has 0 spiro atoms. The van der Waals surface area contributed by atoms with Crippen LogP contribution < -0.4 is 9.62 Å². The number of sulfonamides is 1. The molecule has 0 radical (unpaired) electrons. The average Bonchev–Trinajstić information content (AvgIpc) is 2.79. The molecule has 34 heavy (non-hydrogen) atoms. The molecular weight excluding hydrogens is 460 g/mol. The van der Waals surface area contributed by atoms with E-state index in [4.69, 9.17) is 0 Å². The maximum Gasteiger partial charge on any atom is 0.293 e. The maximum absolute atomic E-state index is 12.7. The highest BCUT2D eigenvalue weighted by molar-refractivity contribution is 7.89. The summed E-state index contributed by atoms with van der Waals surface area (Å²) in [4.78, 5) is 31.6. The number of hydrogen-bond acceptors (Lipinski definition) is 8. The first-order valence-electron chi connectivity index (χ1n) is 11.8. The van der Waals surface area contributed by atoms with Crippen LogP contribution in [0.4, 0.5) is 11.4 Å². The van der Waals surface area contributed by atoms with E-state index in [0.29, 0.717) is 45.0 Å². The molecule has 11 nitrogen and oxygen atoms in total. The van der Waals surface area contributed by atoms with Crippen LogP contribution >= 0.6 is 0 Å². The highest BCUT2D eigenvalue weighted by Gasteiger charge is 2.29. The van der Waals surface area contributed by atoms with Crippen LogP contribution in [-0.2, 0) is 14.8 Å². The van der Waals surface area contributed by atoms with E-state index in [1.54, 1.807) is 0 Å². The first-order valence-corrected chi connectivity index (χ1v) is 13.3. The molecule has 1 unspecified atom stereocenters. The summed E-state index contributed by atoms with van der Waals surface area (Å²) < 4.78 is 27.6. The van der Waals surface area contributed by atoms with Crippen LogP contribution in [0, 0.1) is 10.1 Å². The van der Waals surface area contributed by atoms with Crippen molar-refractivity contribution in [2.45, 2.75) is 37.1 Å². The number of likely N-dealkylation sites (tertiary alicyclic amines) is 1. The smallest absolute Gasteiger partial charge is 0.293 e. The van der Waals surface area contributed by atoms with Crippen molar-refractivity contribution < 1.29 is 18.1 Å². The normalized spacial score (nSPS) is 20.1. The fraction of sp³-hybridized carbons (Fsp3) is 0.682. The standard InChI is InChI=1S/C22H36N6O5S/c1-18-6-4-5-10-27(18)22(29)17-25-12-14-26(15-13-25)20-8-7-19(16-21(20)28(30)31)34(32,33)23-9-11-24(2)3/h7-8,16,18,23H,4-6,9-15,17H2,1-3H3. The number of nitro benzene ring substituents is 1. The molecule has 3 rings (SSSR count). The zero-order chi connectivity index (χ0) is 24.9. The van der Waals surface area contributed by atoms with Gasteiger partial charge in [-0.2, -0.15) is 0 Å². The molecule has 1 N–H and O–H groups in total. The van der Waals surface area contributed by atoms with Gasteiger partial charge in [0, 0.05) is 57.9 Å². The van der Waals surface area contributed by atoms with Gasteiger partial charge in [-0.3, -0.25) is 19.8 Å². The van der Waals surface area contributed by atoms with Crippen molar-refractivity contribution >= 4 is 27.3 Å². The third-order valence-electron chi connectivity index (χ3n) is 6.50. The number of carbonyl (C=O) groups excluding carboxylic acids is 1. The zero-order valence-corrected chi connectivity index (χ0v) is 21.1. The van der Waals surface area contributed by atoms with Gasteiger partial charge >= 0.3 is 0 Å². The monoisotopic (exact) mass is 496 g/mol. The van der Waals surface area contributed by atoms with E-state index in [1.165, 1.54) is 12.1 Å². The van der Waals surface area contributed by atoms with Crippen molar-refractivity contribution in [3.8, 4) is 0 Å². The second kappa shape index (κ2) is 11.4. The molecule has 0 aliphatic carbocycles. The number of piperazine rings is 1. The lowest BCUT2D eigenvalue weighted by atomic mass is 10.0. The highest BCUT2D eigenvalue weighted by atomic mass is 32.2. The number of nitro groups is 1. The van der Waals surface area contributed by atoms with E-state index in [0.717, 1.165) is 31.9 Å². The minimum absolute atomic E-state index is 0.124. The fourth-order valence-corrected chi connectivity index (χ4v) is 5.51. The first-order chi connectivity index (χ1) is 16.1. The third kappa shape index (κ3) is 6.65. The number of carbonyl (C=O) groups is 1. The van der Waals surface area contributed by atoms with Crippen LogP contribution in [0.3, 0.4) is 0 Å². The van der Waals surface area contributed by atoms with Gasteiger partial charge in [0.15, 0.2) is 0 Å². The molecule has 1 aromatic carbocycles. The SMILES string of the molecule is CC1CCCCN1C(=O)CN1CCN(c2ccc(S(=O)(=O)NCCN(C)C)cc2[N+](=O)[O-])CC1. The minimum Gasteiger partial charge on any atom is -0.363 e. The number of nitrogens with one attached hydrogen (secondary N) is 1. The van der Waals surface area contributed by atoms with Crippen LogP contribution in [0.5, 0.6) is 0 Å². The van der Waals surface area contributed by atoms with Crippen molar-refractivity contribution in [1.29, 1.82) is 0 Å². The van der Waals surface area contributed by atoms with Gasteiger partial charge in [-0.05, 0) is 52.4 Å². The molecule has 2 aliphatic heterocycles. The van der Waals surface area contributed by atoms with Crippen LogP contribution in [0.25, 0.3) is 0 Å². The van der Waals surface area contributed by atoms with Gasteiger partial charge in [-0.25, -0.2) is 13.1 Å². The molecule has 0 saturated carbocycles.